The average Bonchev–Trinajstić information content (AvgIpc) is 2.23. The predicted octanol–water partition coefficient (Wildman–Crippen LogP) is 3.11. The van der Waals surface area contributed by atoms with Gasteiger partial charge in [0, 0.05) is 6.42 Å². The Balaban J connectivity index is 3.73. The monoisotopic (exact) mass is 213 g/mol. The van der Waals surface area contributed by atoms with Crippen LogP contribution in [0.3, 0.4) is 0 Å². The summed E-state index contributed by atoms with van der Waals surface area (Å²) in [6, 6.07) is 0. The fraction of sp³-hybridized carbons (Fsp3) is 0.923. The molecular formula is C13H27NO. The summed E-state index contributed by atoms with van der Waals surface area (Å²) in [6.45, 7) is 11.8. The molecule has 2 heteroatoms. The Bertz CT molecular complexity index is 164. The number of carbonyl (C=O) groups is 1. The Morgan fingerprint density at radius 2 is 1.73 bits per heavy atom. The second-order valence-electron chi connectivity index (χ2n) is 4.33. The molecule has 0 aliphatic heterocycles. The van der Waals surface area contributed by atoms with Crippen molar-refractivity contribution < 1.29 is 4.79 Å². The van der Waals surface area contributed by atoms with Crippen LogP contribution in [0.1, 0.15) is 53.4 Å². The molecule has 0 saturated heterocycles. The van der Waals surface area contributed by atoms with Crippen LogP contribution in [0, 0.1) is 5.92 Å². The maximum atomic E-state index is 10.9. The smallest absolute Gasteiger partial charge is 0.129 e. The van der Waals surface area contributed by atoms with E-state index in [0.29, 0.717) is 5.78 Å². The molecule has 0 fully saturated rings. The van der Waals surface area contributed by atoms with Crippen molar-refractivity contribution in [1.82, 2.24) is 4.90 Å². The summed E-state index contributed by atoms with van der Waals surface area (Å²) in [5.74, 6) is 1.06. The van der Waals surface area contributed by atoms with E-state index in [-0.39, 0.29) is 0 Å². The van der Waals surface area contributed by atoms with Gasteiger partial charge >= 0.3 is 0 Å². The van der Waals surface area contributed by atoms with E-state index in [9.17, 15) is 4.79 Å². The fourth-order valence-corrected chi connectivity index (χ4v) is 1.86. The van der Waals surface area contributed by atoms with Crippen LogP contribution < -0.4 is 0 Å². The summed E-state index contributed by atoms with van der Waals surface area (Å²) in [5, 5.41) is 0. The summed E-state index contributed by atoms with van der Waals surface area (Å²) in [6.07, 6.45) is 4.28. The molecule has 2 nitrogen and oxygen atoms in total. The van der Waals surface area contributed by atoms with Gasteiger partial charge in [-0.3, -0.25) is 0 Å². The van der Waals surface area contributed by atoms with Gasteiger partial charge < -0.3 is 9.69 Å². The van der Waals surface area contributed by atoms with E-state index < -0.39 is 0 Å². The van der Waals surface area contributed by atoms with Crippen LogP contribution in [0.25, 0.3) is 0 Å². The SMILES string of the molecule is CCC(CCC(C)=O)CCN(CC)CC. The first-order chi connectivity index (χ1) is 7.13. The third-order valence-electron chi connectivity index (χ3n) is 3.23. The van der Waals surface area contributed by atoms with Gasteiger partial charge in [0.15, 0.2) is 0 Å². The molecule has 1 atom stereocenters. The zero-order chi connectivity index (χ0) is 11.7. The van der Waals surface area contributed by atoms with Gasteiger partial charge in [0.2, 0.25) is 0 Å². The summed E-state index contributed by atoms with van der Waals surface area (Å²) in [5.41, 5.74) is 0. The topological polar surface area (TPSA) is 20.3 Å². The third kappa shape index (κ3) is 7.55. The lowest BCUT2D eigenvalue weighted by Crippen LogP contribution is -2.25. The molecule has 0 heterocycles. The van der Waals surface area contributed by atoms with E-state index in [4.69, 9.17) is 0 Å². The summed E-state index contributed by atoms with van der Waals surface area (Å²) < 4.78 is 0. The summed E-state index contributed by atoms with van der Waals surface area (Å²) >= 11 is 0. The number of carbonyl (C=O) groups excluding carboxylic acids is 1. The highest BCUT2D eigenvalue weighted by Gasteiger charge is 2.09. The minimum Gasteiger partial charge on any atom is -0.304 e. The standard InChI is InChI=1S/C13H27NO/c1-5-13(9-8-12(4)15)10-11-14(6-2)7-3/h13H,5-11H2,1-4H3. The Labute approximate surface area is 95.0 Å². The van der Waals surface area contributed by atoms with Gasteiger partial charge in [-0.2, -0.15) is 0 Å². The highest BCUT2D eigenvalue weighted by Crippen LogP contribution is 2.16. The van der Waals surface area contributed by atoms with Crippen molar-refractivity contribution in [2.75, 3.05) is 19.6 Å². The number of Topliss-reactive ketones (excluding diaryl/α,β-unsaturated/α-hetero) is 1. The van der Waals surface area contributed by atoms with Crippen molar-refractivity contribution >= 4 is 5.78 Å². The second kappa shape index (κ2) is 8.90. The lowest BCUT2D eigenvalue weighted by Gasteiger charge is -2.21. The van der Waals surface area contributed by atoms with E-state index in [0.717, 1.165) is 31.8 Å². The lowest BCUT2D eigenvalue weighted by molar-refractivity contribution is -0.117. The molecule has 0 aliphatic carbocycles. The van der Waals surface area contributed by atoms with Gasteiger partial charge in [-0.15, -0.1) is 0 Å². The van der Waals surface area contributed by atoms with Gasteiger partial charge in [-0.1, -0.05) is 27.2 Å². The highest BCUT2D eigenvalue weighted by molar-refractivity contribution is 5.75. The molecular weight excluding hydrogens is 186 g/mol. The van der Waals surface area contributed by atoms with Crippen LogP contribution in [0.15, 0.2) is 0 Å². The Morgan fingerprint density at radius 3 is 2.13 bits per heavy atom. The lowest BCUT2D eigenvalue weighted by atomic mass is 9.95. The quantitative estimate of drug-likeness (QED) is 0.586. The Morgan fingerprint density at radius 1 is 1.13 bits per heavy atom. The number of rotatable bonds is 9. The van der Waals surface area contributed by atoms with Gasteiger partial charge in [-0.05, 0) is 45.3 Å². The van der Waals surface area contributed by atoms with E-state index >= 15 is 0 Å². The molecule has 0 aromatic heterocycles. The number of hydrogen-bond donors (Lipinski definition) is 0. The summed E-state index contributed by atoms with van der Waals surface area (Å²) in [4.78, 5) is 13.4. The second-order valence-corrected chi connectivity index (χ2v) is 4.33. The van der Waals surface area contributed by atoms with E-state index in [1.807, 2.05) is 0 Å². The van der Waals surface area contributed by atoms with Crippen LogP contribution >= 0.6 is 0 Å². The largest absolute Gasteiger partial charge is 0.304 e. The molecule has 1 unspecified atom stereocenters. The molecule has 0 aromatic rings. The van der Waals surface area contributed by atoms with Crippen molar-refractivity contribution in [2.45, 2.75) is 53.4 Å². The first kappa shape index (κ1) is 14.6. The van der Waals surface area contributed by atoms with E-state index in [2.05, 4.69) is 25.7 Å². The molecule has 0 amide bonds. The maximum absolute atomic E-state index is 10.9. The molecule has 15 heavy (non-hydrogen) atoms. The van der Waals surface area contributed by atoms with Crippen molar-refractivity contribution in [3.63, 3.8) is 0 Å². The molecule has 0 spiro atoms. The molecule has 0 saturated carbocycles. The molecule has 0 N–H and O–H groups in total. The third-order valence-corrected chi connectivity index (χ3v) is 3.23. The molecule has 0 aromatic carbocycles. The maximum Gasteiger partial charge on any atom is 0.129 e. The van der Waals surface area contributed by atoms with Crippen LogP contribution in [-0.2, 0) is 4.79 Å². The normalized spacial score (nSPS) is 13.1. The minimum absolute atomic E-state index is 0.330. The molecule has 0 aliphatic rings. The van der Waals surface area contributed by atoms with Crippen LogP contribution in [0.2, 0.25) is 0 Å². The van der Waals surface area contributed by atoms with E-state index in [1.54, 1.807) is 6.92 Å². The number of ketones is 1. The number of nitrogens with zero attached hydrogens (tertiary/aromatic N) is 1. The van der Waals surface area contributed by atoms with Crippen LogP contribution in [0.5, 0.6) is 0 Å². The fourth-order valence-electron chi connectivity index (χ4n) is 1.86. The van der Waals surface area contributed by atoms with Crippen molar-refractivity contribution in [3.05, 3.63) is 0 Å². The highest BCUT2D eigenvalue weighted by atomic mass is 16.1. The van der Waals surface area contributed by atoms with Gasteiger partial charge in [0.05, 0.1) is 0 Å². The van der Waals surface area contributed by atoms with Gasteiger partial charge in [0.25, 0.3) is 0 Å². The zero-order valence-corrected chi connectivity index (χ0v) is 10.9. The molecule has 0 rings (SSSR count). The number of hydrogen-bond acceptors (Lipinski definition) is 2. The minimum atomic E-state index is 0.330. The summed E-state index contributed by atoms with van der Waals surface area (Å²) in [7, 11) is 0. The van der Waals surface area contributed by atoms with Crippen molar-refractivity contribution in [3.8, 4) is 0 Å². The first-order valence-electron chi connectivity index (χ1n) is 6.35. The van der Waals surface area contributed by atoms with Crippen LogP contribution in [0.4, 0.5) is 0 Å². The molecule has 0 bridgehead atoms. The van der Waals surface area contributed by atoms with Crippen molar-refractivity contribution in [2.24, 2.45) is 5.92 Å². The first-order valence-corrected chi connectivity index (χ1v) is 6.35. The molecule has 0 radical (unpaired) electrons. The molecule has 90 valence electrons. The average molecular weight is 213 g/mol. The van der Waals surface area contributed by atoms with Crippen LogP contribution in [-0.4, -0.2) is 30.3 Å². The van der Waals surface area contributed by atoms with E-state index in [1.165, 1.54) is 19.4 Å². The van der Waals surface area contributed by atoms with Gasteiger partial charge in [-0.25, -0.2) is 0 Å². The van der Waals surface area contributed by atoms with Gasteiger partial charge in [0.1, 0.15) is 5.78 Å². The predicted molar refractivity (Wildman–Crippen MR) is 66.1 cm³/mol. The Kier molecular flexibility index (Phi) is 8.68. The zero-order valence-electron chi connectivity index (χ0n) is 10.9. The Hall–Kier alpha value is -0.370. The van der Waals surface area contributed by atoms with Crippen molar-refractivity contribution in [1.29, 1.82) is 0 Å².